The van der Waals surface area contributed by atoms with E-state index < -0.39 is 6.09 Å². The minimum Gasteiger partial charge on any atom is -0.410 e. The van der Waals surface area contributed by atoms with E-state index in [1.165, 1.54) is 16.7 Å². The predicted molar refractivity (Wildman–Crippen MR) is 124 cm³/mol. The number of hydrogen-bond acceptors (Lipinski definition) is 6. The van der Waals surface area contributed by atoms with Crippen molar-refractivity contribution in [2.75, 3.05) is 27.2 Å². The van der Waals surface area contributed by atoms with Gasteiger partial charge in [-0.1, -0.05) is 24.3 Å². The molecule has 32 heavy (non-hydrogen) atoms. The normalized spacial score (nSPS) is 10.8. The minimum atomic E-state index is -0.428. The molecule has 2 aromatic carbocycles. The van der Waals surface area contributed by atoms with Crippen LogP contribution in [-0.4, -0.2) is 55.0 Å². The summed E-state index contributed by atoms with van der Waals surface area (Å²) in [6.45, 7) is 8.29. The van der Waals surface area contributed by atoms with Crippen LogP contribution in [0.4, 0.5) is 9.59 Å². The molecule has 2 rings (SSSR count). The zero-order valence-electron chi connectivity index (χ0n) is 19.6. The van der Waals surface area contributed by atoms with Crippen LogP contribution in [0.2, 0.25) is 0 Å². The first-order chi connectivity index (χ1) is 15.1. The molecule has 0 aromatic heterocycles. The van der Waals surface area contributed by atoms with Crippen molar-refractivity contribution in [1.82, 2.24) is 9.80 Å². The summed E-state index contributed by atoms with van der Waals surface area (Å²) >= 11 is 0. The number of hydrogen-bond donors (Lipinski definition) is 1. The van der Waals surface area contributed by atoms with Crippen molar-refractivity contribution in [3.63, 3.8) is 0 Å². The van der Waals surface area contributed by atoms with Gasteiger partial charge in [-0.05, 0) is 57.5 Å². The summed E-state index contributed by atoms with van der Waals surface area (Å²) in [4.78, 5) is 37.0. The zero-order chi connectivity index (χ0) is 24.3. The fourth-order valence-electron chi connectivity index (χ4n) is 2.26. The molecule has 2 amide bonds. The maximum Gasteiger partial charge on any atom is 0.414 e. The van der Waals surface area contributed by atoms with Crippen molar-refractivity contribution in [3.05, 3.63) is 59.7 Å². The van der Waals surface area contributed by atoms with Gasteiger partial charge in [-0.2, -0.15) is 0 Å². The SMILES string of the molecule is CCN(C)C(=O)Oc1cccc(C(C)=O)c1.CCN(C)C(=O)Oc1cccc([C@@H](C)N)c1. The van der Waals surface area contributed by atoms with E-state index in [0.717, 1.165) is 5.56 Å². The van der Waals surface area contributed by atoms with Gasteiger partial charge in [0.15, 0.2) is 5.78 Å². The van der Waals surface area contributed by atoms with Crippen LogP contribution < -0.4 is 15.2 Å². The van der Waals surface area contributed by atoms with E-state index in [-0.39, 0.29) is 17.9 Å². The van der Waals surface area contributed by atoms with Gasteiger partial charge in [0.2, 0.25) is 0 Å². The molecular weight excluding hydrogens is 410 g/mol. The van der Waals surface area contributed by atoms with Gasteiger partial charge in [-0.25, -0.2) is 9.59 Å². The maximum absolute atomic E-state index is 11.5. The van der Waals surface area contributed by atoms with Crippen LogP contribution >= 0.6 is 0 Å². The van der Waals surface area contributed by atoms with E-state index in [2.05, 4.69) is 0 Å². The fourth-order valence-corrected chi connectivity index (χ4v) is 2.26. The molecule has 0 radical (unpaired) electrons. The topological polar surface area (TPSA) is 102 Å². The van der Waals surface area contributed by atoms with Gasteiger partial charge in [-0.15, -0.1) is 0 Å². The summed E-state index contributed by atoms with van der Waals surface area (Å²) in [5.41, 5.74) is 7.23. The molecular formula is C24H33N3O5. The van der Waals surface area contributed by atoms with E-state index in [0.29, 0.717) is 30.2 Å². The highest BCUT2D eigenvalue weighted by Gasteiger charge is 2.11. The number of nitrogens with two attached hydrogens (primary N) is 1. The van der Waals surface area contributed by atoms with Crippen molar-refractivity contribution in [2.24, 2.45) is 5.73 Å². The van der Waals surface area contributed by atoms with Crippen LogP contribution in [0.3, 0.4) is 0 Å². The second kappa shape index (κ2) is 13.1. The number of nitrogens with zero attached hydrogens (tertiary/aromatic N) is 2. The molecule has 0 aliphatic heterocycles. The van der Waals surface area contributed by atoms with E-state index in [1.54, 1.807) is 50.5 Å². The number of benzene rings is 2. The maximum atomic E-state index is 11.5. The molecule has 0 aliphatic rings. The average Bonchev–Trinajstić information content (AvgIpc) is 2.78. The molecule has 174 valence electrons. The molecule has 0 saturated heterocycles. The molecule has 0 heterocycles. The Morgan fingerprint density at radius 2 is 1.34 bits per heavy atom. The second-order valence-electron chi connectivity index (χ2n) is 7.21. The van der Waals surface area contributed by atoms with Crippen molar-refractivity contribution >= 4 is 18.0 Å². The van der Waals surface area contributed by atoms with Crippen LogP contribution in [-0.2, 0) is 0 Å². The smallest absolute Gasteiger partial charge is 0.410 e. The molecule has 2 N–H and O–H groups in total. The van der Waals surface area contributed by atoms with Crippen LogP contribution in [0.15, 0.2) is 48.5 Å². The number of rotatable bonds is 6. The highest BCUT2D eigenvalue weighted by Crippen LogP contribution is 2.18. The Morgan fingerprint density at radius 1 is 0.875 bits per heavy atom. The lowest BCUT2D eigenvalue weighted by Crippen LogP contribution is -2.29. The Bertz CT molecular complexity index is 914. The largest absolute Gasteiger partial charge is 0.414 e. The summed E-state index contributed by atoms with van der Waals surface area (Å²) in [5.74, 6) is 0.861. The van der Waals surface area contributed by atoms with Gasteiger partial charge in [0, 0.05) is 38.8 Å². The van der Waals surface area contributed by atoms with Crippen molar-refractivity contribution < 1.29 is 23.9 Å². The third kappa shape index (κ3) is 8.77. The van der Waals surface area contributed by atoms with Gasteiger partial charge in [0.25, 0.3) is 0 Å². The molecule has 0 fully saturated rings. The lowest BCUT2D eigenvalue weighted by Gasteiger charge is -2.15. The Kier molecular flexibility index (Phi) is 10.9. The molecule has 8 nitrogen and oxygen atoms in total. The zero-order valence-corrected chi connectivity index (χ0v) is 19.6. The molecule has 1 atom stereocenters. The Hall–Kier alpha value is -3.39. The minimum absolute atomic E-state index is 0.0539. The standard InChI is InChI=1S/C12H18N2O2.C12H15NO3/c1-4-14(3)12(15)16-11-7-5-6-10(8-11)9(2)13;1-4-13(3)12(15)16-11-7-5-6-10(8-11)9(2)14/h5-9H,4,13H2,1-3H3;5-8H,4H2,1-3H3/t9-;/m1./s1. The van der Waals surface area contributed by atoms with Gasteiger partial charge in [-0.3, -0.25) is 4.79 Å². The van der Waals surface area contributed by atoms with Crippen LogP contribution in [0.25, 0.3) is 0 Å². The molecule has 2 aromatic rings. The van der Waals surface area contributed by atoms with Crippen molar-refractivity contribution in [1.29, 1.82) is 0 Å². The first-order valence-corrected chi connectivity index (χ1v) is 10.4. The summed E-state index contributed by atoms with van der Waals surface area (Å²) in [5, 5.41) is 0. The van der Waals surface area contributed by atoms with Gasteiger partial charge < -0.3 is 25.0 Å². The number of amides is 2. The van der Waals surface area contributed by atoms with Gasteiger partial charge >= 0.3 is 12.2 Å². The predicted octanol–water partition coefficient (Wildman–Crippen LogP) is 4.50. The molecule has 8 heteroatoms. The first kappa shape index (κ1) is 26.6. The number of ether oxygens (including phenoxy) is 2. The number of carbonyl (C=O) groups excluding carboxylic acids is 3. The third-order valence-electron chi connectivity index (χ3n) is 4.61. The monoisotopic (exact) mass is 443 g/mol. The van der Waals surface area contributed by atoms with E-state index in [1.807, 2.05) is 32.9 Å². The first-order valence-electron chi connectivity index (χ1n) is 10.4. The highest BCUT2D eigenvalue weighted by atomic mass is 16.6. The quantitative estimate of drug-likeness (QED) is 0.660. The van der Waals surface area contributed by atoms with Crippen LogP contribution in [0.1, 0.15) is 49.7 Å². The molecule has 0 unspecified atom stereocenters. The molecule has 0 saturated carbocycles. The fraction of sp³-hybridized carbons (Fsp3) is 0.375. The number of carbonyl (C=O) groups is 3. The van der Waals surface area contributed by atoms with E-state index in [4.69, 9.17) is 15.2 Å². The summed E-state index contributed by atoms with van der Waals surface area (Å²) in [7, 11) is 3.34. The number of ketones is 1. The van der Waals surface area contributed by atoms with Gasteiger partial charge in [0.05, 0.1) is 0 Å². The van der Waals surface area contributed by atoms with Crippen LogP contribution in [0, 0.1) is 0 Å². The van der Waals surface area contributed by atoms with Crippen molar-refractivity contribution in [2.45, 2.75) is 33.7 Å². The van der Waals surface area contributed by atoms with E-state index >= 15 is 0 Å². The summed E-state index contributed by atoms with van der Waals surface area (Å²) < 4.78 is 10.3. The lowest BCUT2D eigenvalue weighted by molar-refractivity contribution is 0.101. The summed E-state index contributed by atoms with van der Waals surface area (Å²) in [6, 6.07) is 13.8. The Labute approximate surface area is 189 Å². The molecule has 0 spiro atoms. The highest BCUT2D eigenvalue weighted by molar-refractivity contribution is 5.94. The summed E-state index contributed by atoms with van der Waals surface area (Å²) in [6.07, 6.45) is -0.785. The van der Waals surface area contributed by atoms with E-state index in [9.17, 15) is 14.4 Å². The van der Waals surface area contributed by atoms with Gasteiger partial charge in [0.1, 0.15) is 11.5 Å². The third-order valence-corrected chi connectivity index (χ3v) is 4.61. The number of Topliss-reactive ketones (excluding diaryl/α,β-unsaturated/α-hetero) is 1. The molecule has 0 aliphatic carbocycles. The molecule has 0 bridgehead atoms. The Balaban J connectivity index is 0.000000320. The lowest BCUT2D eigenvalue weighted by atomic mass is 10.1. The van der Waals surface area contributed by atoms with Crippen LogP contribution in [0.5, 0.6) is 11.5 Å². The Morgan fingerprint density at radius 3 is 1.78 bits per heavy atom. The average molecular weight is 444 g/mol. The van der Waals surface area contributed by atoms with Crippen molar-refractivity contribution in [3.8, 4) is 11.5 Å². The second-order valence-corrected chi connectivity index (χ2v) is 7.21.